The van der Waals surface area contributed by atoms with Gasteiger partial charge in [0.25, 0.3) is 0 Å². The van der Waals surface area contributed by atoms with Gasteiger partial charge in [0.05, 0.1) is 5.56 Å². The van der Waals surface area contributed by atoms with Gasteiger partial charge in [0.2, 0.25) is 0 Å². The van der Waals surface area contributed by atoms with Crippen molar-refractivity contribution in [3.05, 3.63) is 63.6 Å². The van der Waals surface area contributed by atoms with E-state index >= 15 is 0 Å². The molecule has 0 amide bonds. The number of nitrogens with zero attached hydrogens (tertiary/aromatic N) is 1. The number of halogens is 2. The summed E-state index contributed by atoms with van der Waals surface area (Å²) >= 11 is 13.6. The van der Waals surface area contributed by atoms with Gasteiger partial charge in [0, 0.05) is 15.6 Å². The summed E-state index contributed by atoms with van der Waals surface area (Å²) in [7, 11) is 0. The van der Waals surface area contributed by atoms with Crippen molar-refractivity contribution in [3.63, 3.8) is 0 Å². The third-order valence-electron chi connectivity index (χ3n) is 2.89. The minimum Gasteiger partial charge on any atom is -0.507 e. The Kier molecular flexibility index (Phi) is 3.78. The first-order valence-electron chi connectivity index (χ1n) is 5.88. The highest BCUT2D eigenvalue weighted by Gasteiger charge is 2.25. The zero-order valence-corrected chi connectivity index (χ0v) is 12.5. The van der Waals surface area contributed by atoms with E-state index < -0.39 is 0 Å². The van der Waals surface area contributed by atoms with E-state index in [1.54, 1.807) is 24.3 Å². The standard InChI is InChI=1S/C14H10Cl2N2OS/c15-8-5-6-9(11(16)7-8)13-17-18-14(20-13)10-3-1-2-4-12(10)19/h1-7,13,17,19H/t13-/m1/s1. The average Bonchev–Trinajstić information content (AvgIpc) is 2.88. The highest BCUT2D eigenvalue weighted by molar-refractivity contribution is 8.14. The largest absolute Gasteiger partial charge is 0.507 e. The maximum atomic E-state index is 9.85. The van der Waals surface area contributed by atoms with Gasteiger partial charge in [-0.2, -0.15) is 5.10 Å². The Balaban J connectivity index is 1.84. The van der Waals surface area contributed by atoms with Crippen molar-refractivity contribution in [1.29, 1.82) is 0 Å². The predicted octanol–water partition coefficient (Wildman–Crippen LogP) is 4.40. The van der Waals surface area contributed by atoms with Gasteiger partial charge in [-0.25, -0.2) is 0 Å². The third kappa shape index (κ3) is 2.59. The molecule has 6 heteroatoms. The van der Waals surface area contributed by atoms with E-state index in [2.05, 4.69) is 10.5 Å². The molecule has 1 aliphatic rings. The molecule has 2 aromatic carbocycles. The van der Waals surface area contributed by atoms with Crippen molar-refractivity contribution < 1.29 is 5.11 Å². The smallest absolute Gasteiger partial charge is 0.129 e. The van der Waals surface area contributed by atoms with Crippen LogP contribution in [0.2, 0.25) is 10.0 Å². The van der Waals surface area contributed by atoms with Crippen LogP contribution in [0, 0.1) is 0 Å². The lowest BCUT2D eigenvalue weighted by molar-refractivity contribution is 0.474. The van der Waals surface area contributed by atoms with Crippen LogP contribution in [-0.2, 0) is 0 Å². The highest BCUT2D eigenvalue weighted by Crippen LogP contribution is 2.39. The molecule has 0 saturated heterocycles. The van der Waals surface area contributed by atoms with Gasteiger partial charge >= 0.3 is 0 Å². The molecule has 1 aliphatic heterocycles. The molecule has 0 saturated carbocycles. The number of para-hydroxylation sites is 1. The molecule has 3 rings (SSSR count). The highest BCUT2D eigenvalue weighted by atomic mass is 35.5. The van der Waals surface area contributed by atoms with E-state index in [0.717, 1.165) is 10.6 Å². The second-order valence-electron chi connectivity index (χ2n) is 4.23. The normalized spacial score (nSPS) is 17.7. The van der Waals surface area contributed by atoms with E-state index in [0.29, 0.717) is 15.6 Å². The van der Waals surface area contributed by atoms with Gasteiger partial charge in [-0.15, -0.1) is 0 Å². The van der Waals surface area contributed by atoms with Gasteiger partial charge < -0.3 is 5.11 Å². The number of aromatic hydroxyl groups is 1. The minimum atomic E-state index is -0.0885. The lowest BCUT2D eigenvalue weighted by Crippen LogP contribution is -2.07. The summed E-state index contributed by atoms with van der Waals surface area (Å²) in [6.07, 6.45) is 0. The molecule has 20 heavy (non-hydrogen) atoms. The van der Waals surface area contributed by atoms with Crippen LogP contribution in [0.4, 0.5) is 0 Å². The fraction of sp³-hybridized carbons (Fsp3) is 0.0714. The maximum Gasteiger partial charge on any atom is 0.129 e. The van der Waals surface area contributed by atoms with Crippen molar-refractivity contribution >= 4 is 40.0 Å². The summed E-state index contributed by atoms with van der Waals surface area (Å²) in [6, 6.07) is 12.5. The Morgan fingerprint density at radius 2 is 1.95 bits per heavy atom. The molecule has 102 valence electrons. The summed E-state index contributed by atoms with van der Waals surface area (Å²) in [5.74, 6) is 0.211. The quantitative estimate of drug-likeness (QED) is 0.860. The van der Waals surface area contributed by atoms with E-state index in [9.17, 15) is 5.11 Å². The number of benzene rings is 2. The number of thioether (sulfide) groups is 1. The lowest BCUT2D eigenvalue weighted by Gasteiger charge is -2.11. The molecule has 0 bridgehead atoms. The summed E-state index contributed by atoms with van der Waals surface area (Å²) < 4.78 is 0. The summed E-state index contributed by atoms with van der Waals surface area (Å²) in [6.45, 7) is 0. The molecule has 3 nitrogen and oxygen atoms in total. The molecule has 1 heterocycles. The van der Waals surface area contributed by atoms with E-state index in [-0.39, 0.29) is 11.1 Å². The number of phenols is 1. The number of nitrogens with one attached hydrogen (secondary N) is 1. The van der Waals surface area contributed by atoms with Crippen LogP contribution in [0.1, 0.15) is 16.5 Å². The van der Waals surface area contributed by atoms with Crippen molar-refractivity contribution in [1.82, 2.24) is 5.43 Å². The summed E-state index contributed by atoms with van der Waals surface area (Å²) in [4.78, 5) is 0. The Morgan fingerprint density at radius 1 is 1.15 bits per heavy atom. The van der Waals surface area contributed by atoms with Gasteiger partial charge in [-0.1, -0.05) is 53.2 Å². The van der Waals surface area contributed by atoms with Gasteiger partial charge in [0.15, 0.2) is 0 Å². The predicted molar refractivity (Wildman–Crippen MR) is 84.6 cm³/mol. The lowest BCUT2D eigenvalue weighted by atomic mass is 10.2. The molecule has 0 fully saturated rings. The Morgan fingerprint density at radius 3 is 2.70 bits per heavy atom. The fourth-order valence-electron chi connectivity index (χ4n) is 1.91. The van der Waals surface area contributed by atoms with Gasteiger partial charge in [-0.3, -0.25) is 5.43 Å². The monoisotopic (exact) mass is 324 g/mol. The van der Waals surface area contributed by atoms with Crippen molar-refractivity contribution in [2.45, 2.75) is 5.37 Å². The van der Waals surface area contributed by atoms with Crippen LogP contribution in [-0.4, -0.2) is 10.2 Å². The fourth-order valence-corrected chi connectivity index (χ4v) is 3.56. The summed E-state index contributed by atoms with van der Waals surface area (Å²) in [5.41, 5.74) is 4.64. The molecule has 0 aromatic heterocycles. The topological polar surface area (TPSA) is 44.6 Å². The molecule has 2 aromatic rings. The minimum absolute atomic E-state index is 0.0885. The first-order valence-corrected chi connectivity index (χ1v) is 7.52. The SMILES string of the molecule is Oc1ccccc1C1=NN[C@@H](c2ccc(Cl)cc2Cl)S1. The zero-order chi connectivity index (χ0) is 14.1. The number of phenolic OH excluding ortho intramolecular Hbond substituents is 1. The summed E-state index contributed by atoms with van der Waals surface area (Å²) in [5, 5.41) is 16.0. The first kappa shape index (κ1) is 13.6. The van der Waals surface area contributed by atoms with Crippen LogP contribution < -0.4 is 5.43 Å². The number of hydrazone groups is 1. The second kappa shape index (κ2) is 5.56. The Labute approximate surface area is 130 Å². The van der Waals surface area contributed by atoms with Crippen molar-refractivity contribution in [3.8, 4) is 5.75 Å². The Bertz CT molecular complexity index is 691. The van der Waals surface area contributed by atoms with Gasteiger partial charge in [0.1, 0.15) is 16.2 Å². The molecule has 2 N–H and O–H groups in total. The molecule has 0 spiro atoms. The van der Waals surface area contributed by atoms with Gasteiger partial charge in [-0.05, 0) is 24.3 Å². The van der Waals surface area contributed by atoms with E-state index in [1.165, 1.54) is 11.8 Å². The van der Waals surface area contributed by atoms with E-state index in [4.69, 9.17) is 23.2 Å². The molecular weight excluding hydrogens is 315 g/mol. The number of hydrogen-bond acceptors (Lipinski definition) is 4. The first-order chi connectivity index (χ1) is 9.65. The van der Waals surface area contributed by atoms with Crippen LogP contribution in [0.15, 0.2) is 47.6 Å². The number of hydrogen-bond donors (Lipinski definition) is 2. The second-order valence-corrected chi connectivity index (χ2v) is 6.16. The van der Waals surface area contributed by atoms with E-state index in [1.807, 2.05) is 18.2 Å². The van der Waals surface area contributed by atoms with Crippen molar-refractivity contribution in [2.24, 2.45) is 5.10 Å². The molecule has 0 unspecified atom stereocenters. The molecule has 0 radical (unpaired) electrons. The molecule has 0 aliphatic carbocycles. The Hall–Kier alpha value is -1.36. The molecule has 1 atom stereocenters. The van der Waals surface area contributed by atoms with Crippen LogP contribution in [0.25, 0.3) is 0 Å². The average molecular weight is 325 g/mol. The van der Waals surface area contributed by atoms with Crippen LogP contribution in [0.5, 0.6) is 5.75 Å². The maximum absolute atomic E-state index is 9.85. The van der Waals surface area contributed by atoms with Crippen molar-refractivity contribution in [2.75, 3.05) is 0 Å². The third-order valence-corrected chi connectivity index (χ3v) is 4.58. The number of rotatable bonds is 2. The van der Waals surface area contributed by atoms with Crippen LogP contribution >= 0.6 is 35.0 Å². The zero-order valence-electron chi connectivity index (χ0n) is 10.2. The van der Waals surface area contributed by atoms with Crippen LogP contribution in [0.3, 0.4) is 0 Å². The molecular formula is C14H10Cl2N2OS.